The van der Waals surface area contributed by atoms with Crippen LogP contribution in [0, 0.1) is 23.7 Å². The molecular weight excluding hydrogens is 607 g/mol. The van der Waals surface area contributed by atoms with E-state index in [1.165, 1.54) is 48.8 Å². The standard InChI is InChI=1S/C48H49NO/c1-46(2)22-23-47(3,4)42-29-38(18-20-40(42)46)49(37-16-14-34(15-17-37)33-10-6-5-7-11-33)39-19-21-45-43(30-39)48(41-12-8-9-13-44(41)50-45)35-25-31-24-32(27-35)28-36(48)26-31/h5-21,29-32,35-36H,22-28H2,1-4H3/i5D,6D,7D,10D,11D,14D,15D,16D,17D. The predicted molar refractivity (Wildman–Crippen MR) is 206 cm³/mol. The third-order valence-electron chi connectivity index (χ3n) is 13.3. The summed E-state index contributed by atoms with van der Waals surface area (Å²) in [6, 6.07) is 16.4. The van der Waals surface area contributed by atoms with Gasteiger partial charge in [-0.2, -0.15) is 0 Å². The summed E-state index contributed by atoms with van der Waals surface area (Å²) in [5.41, 5.74) is 5.00. The average molecular weight is 665 g/mol. The molecule has 252 valence electrons. The van der Waals surface area contributed by atoms with Crippen molar-refractivity contribution in [1.82, 2.24) is 0 Å². The largest absolute Gasteiger partial charge is 0.457 e. The van der Waals surface area contributed by atoms with Crippen LogP contribution in [0.5, 0.6) is 11.5 Å². The molecule has 2 heteroatoms. The molecule has 1 aliphatic heterocycles. The number of benzene rings is 5. The molecule has 1 heterocycles. The van der Waals surface area contributed by atoms with Gasteiger partial charge in [-0.25, -0.2) is 0 Å². The lowest BCUT2D eigenvalue weighted by atomic mass is 9.42. The lowest BCUT2D eigenvalue weighted by Gasteiger charge is -2.63. The van der Waals surface area contributed by atoms with Gasteiger partial charge in [0.15, 0.2) is 0 Å². The van der Waals surface area contributed by atoms with Crippen LogP contribution >= 0.6 is 0 Å². The number of hydrogen-bond donors (Lipinski definition) is 0. The lowest BCUT2D eigenvalue weighted by molar-refractivity contribution is -0.0452. The first-order valence-electron chi connectivity index (χ1n) is 23.0. The maximum Gasteiger partial charge on any atom is 0.131 e. The van der Waals surface area contributed by atoms with E-state index in [2.05, 4.69) is 64.1 Å². The van der Waals surface area contributed by atoms with Crippen molar-refractivity contribution in [2.45, 2.75) is 88.9 Å². The molecule has 50 heavy (non-hydrogen) atoms. The smallest absolute Gasteiger partial charge is 0.131 e. The maximum atomic E-state index is 9.67. The second-order valence-corrected chi connectivity index (χ2v) is 17.0. The van der Waals surface area contributed by atoms with Gasteiger partial charge in [-0.3, -0.25) is 0 Å². The van der Waals surface area contributed by atoms with E-state index in [-0.39, 0.29) is 45.1 Å². The zero-order valence-corrected chi connectivity index (χ0v) is 29.4. The van der Waals surface area contributed by atoms with Gasteiger partial charge in [-0.05, 0) is 150 Å². The zero-order chi connectivity index (χ0) is 41.7. The molecule has 4 bridgehead atoms. The quantitative estimate of drug-likeness (QED) is 0.190. The van der Waals surface area contributed by atoms with E-state index in [9.17, 15) is 5.48 Å². The molecule has 2 nitrogen and oxygen atoms in total. The molecule has 0 radical (unpaired) electrons. The van der Waals surface area contributed by atoms with Gasteiger partial charge in [0.05, 0.1) is 12.3 Å². The number of para-hydroxylation sites is 1. The normalized spacial score (nSPS) is 30.1. The molecule has 0 amide bonds. The second-order valence-electron chi connectivity index (χ2n) is 17.0. The Kier molecular flexibility index (Phi) is 4.88. The summed E-state index contributed by atoms with van der Waals surface area (Å²) in [5.74, 6) is 4.05. The third-order valence-corrected chi connectivity index (χ3v) is 13.3. The summed E-state index contributed by atoms with van der Waals surface area (Å²) in [7, 11) is 0. The van der Waals surface area contributed by atoms with Gasteiger partial charge in [-0.1, -0.05) is 94.3 Å². The molecule has 0 aromatic heterocycles. The number of hydrogen-bond acceptors (Lipinski definition) is 2. The van der Waals surface area contributed by atoms with Crippen LogP contribution in [0.3, 0.4) is 0 Å². The fourth-order valence-electron chi connectivity index (χ4n) is 11.1. The summed E-state index contributed by atoms with van der Waals surface area (Å²) in [6.07, 6.45) is 8.00. The van der Waals surface area contributed by atoms with Crippen molar-refractivity contribution in [3.8, 4) is 22.6 Å². The van der Waals surface area contributed by atoms with Crippen molar-refractivity contribution >= 4 is 17.1 Å². The Morgan fingerprint density at radius 3 is 1.84 bits per heavy atom. The Balaban J connectivity index is 1.24. The topological polar surface area (TPSA) is 12.5 Å². The van der Waals surface area contributed by atoms with Gasteiger partial charge < -0.3 is 9.64 Å². The minimum atomic E-state index is -0.597. The van der Waals surface area contributed by atoms with Crippen LogP contribution in [0.4, 0.5) is 17.1 Å². The van der Waals surface area contributed by atoms with Crippen LogP contribution in [0.1, 0.15) is 107 Å². The zero-order valence-electron chi connectivity index (χ0n) is 38.4. The third kappa shape index (κ3) is 4.46. The van der Waals surface area contributed by atoms with Gasteiger partial charge in [0.2, 0.25) is 0 Å². The Hall–Kier alpha value is -4.30. The summed E-state index contributed by atoms with van der Waals surface area (Å²) < 4.78 is 87.1. The van der Waals surface area contributed by atoms with Crippen LogP contribution in [0.15, 0.2) is 115 Å². The average Bonchev–Trinajstić information content (AvgIpc) is 3.21. The number of nitrogens with zero attached hydrogens (tertiary/aromatic N) is 1. The molecule has 5 aromatic rings. The molecule has 5 aliphatic carbocycles. The highest BCUT2D eigenvalue weighted by molar-refractivity contribution is 5.81. The van der Waals surface area contributed by atoms with Crippen molar-refractivity contribution in [3.05, 3.63) is 137 Å². The lowest BCUT2D eigenvalue weighted by Crippen LogP contribution is -2.57. The Morgan fingerprint density at radius 1 is 0.560 bits per heavy atom. The molecule has 0 unspecified atom stereocenters. The fraction of sp³-hybridized carbons (Fsp3) is 0.375. The van der Waals surface area contributed by atoms with Crippen LogP contribution in [0.2, 0.25) is 0 Å². The Morgan fingerprint density at radius 2 is 1.14 bits per heavy atom. The van der Waals surface area contributed by atoms with Crippen LogP contribution in [-0.4, -0.2) is 0 Å². The second kappa shape index (κ2) is 10.8. The molecule has 5 aromatic carbocycles. The van der Waals surface area contributed by atoms with Gasteiger partial charge in [0.25, 0.3) is 0 Å². The van der Waals surface area contributed by atoms with E-state index in [0.717, 1.165) is 41.7 Å². The van der Waals surface area contributed by atoms with E-state index < -0.39 is 42.3 Å². The number of rotatable bonds is 4. The SMILES string of the molecule is [2H]c1c([2H])c([2H])c(-c2c([2H])c([2H])c(N(c3ccc4c(c3)C(C)(C)CCC4(C)C)c3ccc4c(c3)C3(c5ccccc5O4)C4CC5CC(C4)CC3C5)c([2H])c2[2H])c([2H])c1[2H]. The van der Waals surface area contributed by atoms with E-state index in [4.69, 9.17) is 11.6 Å². The summed E-state index contributed by atoms with van der Waals surface area (Å²) in [6.45, 7) is 9.04. The van der Waals surface area contributed by atoms with Gasteiger partial charge in [0.1, 0.15) is 11.5 Å². The van der Waals surface area contributed by atoms with Crippen LogP contribution < -0.4 is 9.64 Å². The predicted octanol–water partition coefficient (Wildman–Crippen LogP) is 13.0. The molecule has 11 rings (SSSR count). The van der Waals surface area contributed by atoms with Gasteiger partial charge >= 0.3 is 0 Å². The van der Waals surface area contributed by atoms with Crippen molar-refractivity contribution in [2.24, 2.45) is 23.7 Å². The monoisotopic (exact) mass is 664 g/mol. The highest BCUT2D eigenvalue weighted by Crippen LogP contribution is 2.69. The Bertz CT molecular complexity index is 2550. The summed E-state index contributed by atoms with van der Waals surface area (Å²) >= 11 is 0. The van der Waals surface area contributed by atoms with Gasteiger partial charge in [0, 0.05) is 33.6 Å². The summed E-state index contributed by atoms with van der Waals surface area (Å²) in [4.78, 5) is 1.86. The highest BCUT2D eigenvalue weighted by atomic mass is 16.5. The van der Waals surface area contributed by atoms with Crippen LogP contribution in [0.25, 0.3) is 11.1 Å². The first-order chi connectivity index (χ1) is 28.0. The highest BCUT2D eigenvalue weighted by Gasteiger charge is 2.61. The van der Waals surface area contributed by atoms with Crippen molar-refractivity contribution < 1.29 is 17.1 Å². The van der Waals surface area contributed by atoms with E-state index in [1.807, 2.05) is 29.2 Å². The number of ether oxygens (including phenoxy) is 1. The minimum Gasteiger partial charge on any atom is -0.457 e. The molecule has 1 spiro atoms. The fourth-order valence-corrected chi connectivity index (χ4v) is 11.1. The number of anilines is 3. The van der Waals surface area contributed by atoms with E-state index in [0.29, 0.717) is 23.2 Å². The molecule has 0 saturated heterocycles. The van der Waals surface area contributed by atoms with Crippen LogP contribution in [-0.2, 0) is 16.2 Å². The molecule has 0 atom stereocenters. The summed E-state index contributed by atoms with van der Waals surface area (Å²) in [5, 5.41) is 0. The first-order valence-corrected chi connectivity index (χ1v) is 18.5. The first kappa shape index (κ1) is 22.5. The van der Waals surface area contributed by atoms with Crippen molar-refractivity contribution in [3.63, 3.8) is 0 Å². The molecule has 4 saturated carbocycles. The minimum absolute atomic E-state index is 0.0279. The van der Waals surface area contributed by atoms with Gasteiger partial charge in [-0.15, -0.1) is 0 Å². The Labute approximate surface area is 311 Å². The van der Waals surface area contributed by atoms with Crippen molar-refractivity contribution in [2.75, 3.05) is 4.90 Å². The van der Waals surface area contributed by atoms with E-state index >= 15 is 0 Å². The van der Waals surface area contributed by atoms with Crippen molar-refractivity contribution in [1.29, 1.82) is 0 Å². The van der Waals surface area contributed by atoms with E-state index in [1.54, 1.807) is 0 Å². The molecule has 6 aliphatic rings. The maximum absolute atomic E-state index is 9.67. The number of fused-ring (bicyclic) bond motifs is 3. The molecule has 0 N–H and O–H groups in total. The molecule has 4 fully saturated rings. The molecular formula is C48H49NO.